The topological polar surface area (TPSA) is 78.9 Å². The van der Waals surface area contributed by atoms with Gasteiger partial charge in [0.25, 0.3) is 0 Å². The molecule has 0 aromatic heterocycles. The molecule has 0 radical (unpaired) electrons. The lowest BCUT2D eigenvalue weighted by Crippen LogP contribution is -2.30. The van der Waals surface area contributed by atoms with E-state index in [2.05, 4.69) is 81.5 Å². The number of carbonyl (C=O) groups excluding carboxylic acids is 3. The molecular weight excluding hydrogens is 853 g/mol. The Morgan fingerprint density at radius 1 is 0.304 bits per heavy atom. The van der Waals surface area contributed by atoms with Gasteiger partial charge >= 0.3 is 17.9 Å². The van der Waals surface area contributed by atoms with Crippen LogP contribution in [-0.4, -0.2) is 37.2 Å². The van der Waals surface area contributed by atoms with Gasteiger partial charge in [0.15, 0.2) is 6.10 Å². The molecule has 0 aliphatic rings. The Balaban J connectivity index is 4.07. The molecule has 0 N–H and O–H groups in total. The van der Waals surface area contributed by atoms with E-state index in [4.69, 9.17) is 14.2 Å². The number of allylic oxidation sites excluding steroid dienone is 10. The van der Waals surface area contributed by atoms with E-state index in [1.165, 1.54) is 180 Å². The van der Waals surface area contributed by atoms with Gasteiger partial charge in [-0.15, -0.1) is 0 Å². The van der Waals surface area contributed by atoms with Crippen LogP contribution in [0.4, 0.5) is 0 Å². The highest BCUT2D eigenvalue weighted by Crippen LogP contribution is 2.17. The van der Waals surface area contributed by atoms with Crippen LogP contribution in [0.2, 0.25) is 0 Å². The monoisotopic (exact) mass is 965 g/mol. The van der Waals surface area contributed by atoms with Crippen LogP contribution < -0.4 is 0 Å². The molecule has 0 saturated carbocycles. The first-order valence-corrected chi connectivity index (χ1v) is 29.8. The van der Waals surface area contributed by atoms with Crippen molar-refractivity contribution >= 4 is 17.9 Å². The Morgan fingerprint density at radius 2 is 0.565 bits per heavy atom. The number of carbonyl (C=O) groups is 3. The summed E-state index contributed by atoms with van der Waals surface area (Å²) in [6.07, 6.45) is 72.8. The summed E-state index contributed by atoms with van der Waals surface area (Å²) in [5, 5.41) is 0. The molecule has 1 atom stereocenters. The minimum absolute atomic E-state index is 0.0941. The summed E-state index contributed by atoms with van der Waals surface area (Å²) in [7, 11) is 0. The Kier molecular flexibility index (Phi) is 55.3. The van der Waals surface area contributed by atoms with Crippen molar-refractivity contribution in [3.05, 3.63) is 60.8 Å². The lowest BCUT2D eigenvalue weighted by atomic mass is 10.0. The highest BCUT2D eigenvalue weighted by atomic mass is 16.6. The predicted molar refractivity (Wildman–Crippen MR) is 298 cm³/mol. The van der Waals surface area contributed by atoms with E-state index >= 15 is 0 Å². The van der Waals surface area contributed by atoms with Gasteiger partial charge < -0.3 is 14.2 Å². The lowest BCUT2D eigenvalue weighted by molar-refractivity contribution is -0.167. The molecule has 6 nitrogen and oxygen atoms in total. The van der Waals surface area contributed by atoms with Crippen molar-refractivity contribution in [1.29, 1.82) is 0 Å². The Morgan fingerprint density at radius 3 is 0.870 bits per heavy atom. The molecule has 0 aliphatic carbocycles. The largest absolute Gasteiger partial charge is 0.462 e. The van der Waals surface area contributed by atoms with E-state index in [0.717, 1.165) is 77.0 Å². The predicted octanol–water partition coefficient (Wildman–Crippen LogP) is 20.0. The Bertz CT molecular complexity index is 1250. The van der Waals surface area contributed by atoms with Gasteiger partial charge in [0, 0.05) is 19.3 Å². The van der Waals surface area contributed by atoms with Gasteiger partial charge in [-0.25, -0.2) is 0 Å². The van der Waals surface area contributed by atoms with Gasteiger partial charge in [0.05, 0.1) is 0 Å². The van der Waals surface area contributed by atoms with E-state index in [9.17, 15) is 14.4 Å². The maximum Gasteiger partial charge on any atom is 0.306 e. The van der Waals surface area contributed by atoms with Gasteiger partial charge in [-0.3, -0.25) is 14.4 Å². The summed E-state index contributed by atoms with van der Waals surface area (Å²) in [5.74, 6) is -0.953. The number of hydrogen-bond acceptors (Lipinski definition) is 6. The van der Waals surface area contributed by atoms with Crippen LogP contribution in [0.25, 0.3) is 0 Å². The second-order valence-electron chi connectivity index (χ2n) is 19.9. The molecule has 0 rings (SSSR count). The van der Waals surface area contributed by atoms with E-state index < -0.39 is 6.10 Å². The summed E-state index contributed by atoms with van der Waals surface area (Å²) < 4.78 is 16.7. The number of rotatable bonds is 54. The molecule has 0 fully saturated rings. The lowest BCUT2D eigenvalue weighted by Gasteiger charge is -2.18. The molecule has 1 unspecified atom stereocenters. The number of ether oxygens (including phenoxy) is 3. The maximum atomic E-state index is 12.8. The van der Waals surface area contributed by atoms with Gasteiger partial charge in [-0.2, -0.15) is 0 Å². The van der Waals surface area contributed by atoms with Gasteiger partial charge in [-0.1, -0.05) is 287 Å². The van der Waals surface area contributed by atoms with E-state index in [1.54, 1.807) is 0 Å². The zero-order valence-corrected chi connectivity index (χ0v) is 45.8. The third-order valence-corrected chi connectivity index (χ3v) is 13.0. The van der Waals surface area contributed by atoms with Crippen molar-refractivity contribution in [3.63, 3.8) is 0 Å². The Hall–Kier alpha value is -2.89. The van der Waals surface area contributed by atoms with Crippen LogP contribution in [0, 0.1) is 0 Å². The average Bonchev–Trinajstić information content (AvgIpc) is 3.35. The van der Waals surface area contributed by atoms with Gasteiger partial charge in [0.1, 0.15) is 13.2 Å². The first-order chi connectivity index (χ1) is 34.0. The molecular formula is C63H112O6. The normalized spacial score (nSPS) is 12.4. The molecule has 0 aromatic carbocycles. The highest BCUT2D eigenvalue weighted by Gasteiger charge is 2.19. The third kappa shape index (κ3) is 55.9. The zero-order valence-electron chi connectivity index (χ0n) is 45.8. The summed E-state index contributed by atoms with van der Waals surface area (Å²) in [6.45, 7) is 6.45. The minimum Gasteiger partial charge on any atom is -0.462 e. The fraction of sp³-hybridized carbons (Fsp3) is 0.794. The van der Waals surface area contributed by atoms with Crippen molar-refractivity contribution in [2.75, 3.05) is 13.2 Å². The minimum atomic E-state index is -0.799. The highest BCUT2D eigenvalue weighted by molar-refractivity contribution is 5.71. The second kappa shape index (κ2) is 57.7. The third-order valence-electron chi connectivity index (χ3n) is 13.0. The van der Waals surface area contributed by atoms with Crippen LogP contribution >= 0.6 is 0 Å². The quantitative estimate of drug-likeness (QED) is 0.0262. The zero-order chi connectivity index (χ0) is 50.0. The smallest absolute Gasteiger partial charge is 0.306 e. The van der Waals surface area contributed by atoms with E-state index in [0.29, 0.717) is 19.3 Å². The maximum absolute atomic E-state index is 12.8. The van der Waals surface area contributed by atoms with Crippen LogP contribution in [0.15, 0.2) is 60.8 Å². The van der Waals surface area contributed by atoms with E-state index in [1.807, 2.05) is 0 Å². The first-order valence-electron chi connectivity index (χ1n) is 29.8. The first kappa shape index (κ1) is 66.1. The molecule has 0 aromatic rings. The second-order valence-corrected chi connectivity index (χ2v) is 19.9. The average molecular weight is 966 g/mol. The van der Waals surface area contributed by atoms with Crippen molar-refractivity contribution in [2.24, 2.45) is 0 Å². The number of unbranched alkanes of at least 4 members (excludes halogenated alkanes) is 33. The standard InChI is InChI=1S/C63H112O6/c1-4-7-10-13-16-18-20-22-24-26-27-28-29-30-31-32-33-34-35-36-38-39-41-43-45-47-50-53-56-62(65)68-59-60(58-67-61(64)55-52-49-15-12-9-6-3)69-63(66)57-54-51-48-46-44-42-40-37-25-23-21-19-17-14-11-8-5-2/h8,11,17,19,23,25,40,42,46,48,60H,4-7,9-10,12-16,18,20-22,24,26-39,41,43-45,47,49-59H2,1-3H3/b11-8-,19-17-,25-23-,42-40-,48-46-. The van der Waals surface area contributed by atoms with Crippen molar-refractivity contribution in [3.8, 4) is 0 Å². The molecule has 0 spiro atoms. The molecule has 0 amide bonds. The molecule has 0 aliphatic heterocycles. The number of hydrogen-bond donors (Lipinski definition) is 0. The van der Waals surface area contributed by atoms with Crippen LogP contribution in [0.3, 0.4) is 0 Å². The fourth-order valence-corrected chi connectivity index (χ4v) is 8.60. The fourth-order valence-electron chi connectivity index (χ4n) is 8.60. The SMILES string of the molecule is CC/C=C\C/C=C\C/C=C\C/C=C\C/C=C\CCCC(=O)OC(COC(=O)CCCCCCCC)COC(=O)CCCCCCCCCCCCCCCCCCCCCCCCCCCCCC. The molecule has 69 heavy (non-hydrogen) atoms. The Labute approximate surface area is 428 Å². The summed E-state index contributed by atoms with van der Waals surface area (Å²) in [4.78, 5) is 37.8. The summed E-state index contributed by atoms with van der Waals surface area (Å²) >= 11 is 0. The van der Waals surface area contributed by atoms with Crippen molar-refractivity contribution in [2.45, 2.75) is 309 Å². The summed E-state index contributed by atoms with van der Waals surface area (Å²) in [5.41, 5.74) is 0. The molecule has 0 saturated heterocycles. The van der Waals surface area contributed by atoms with Crippen LogP contribution in [0.1, 0.15) is 303 Å². The molecule has 400 valence electrons. The van der Waals surface area contributed by atoms with Crippen molar-refractivity contribution < 1.29 is 28.6 Å². The molecule has 0 bridgehead atoms. The van der Waals surface area contributed by atoms with E-state index in [-0.39, 0.29) is 37.5 Å². The van der Waals surface area contributed by atoms with Crippen LogP contribution in [-0.2, 0) is 28.6 Å². The number of esters is 3. The van der Waals surface area contributed by atoms with Gasteiger partial charge in [0.2, 0.25) is 0 Å². The van der Waals surface area contributed by atoms with Gasteiger partial charge in [-0.05, 0) is 57.8 Å². The van der Waals surface area contributed by atoms with Crippen molar-refractivity contribution in [1.82, 2.24) is 0 Å². The summed E-state index contributed by atoms with van der Waals surface area (Å²) in [6, 6.07) is 0. The molecule has 0 heterocycles. The van der Waals surface area contributed by atoms with Crippen LogP contribution in [0.5, 0.6) is 0 Å². The molecule has 6 heteroatoms.